The molecular weight excluding hydrogens is 447 g/mol. The zero-order chi connectivity index (χ0) is 22.7. The minimum atomic E-state index is -4.79. The number of halogens is 5. The van der Waals surface area contributed by atoms with Gasteiger partial charge in [-0.05, 0) is 24.6 Å². The zero-order valence-electron chi connectivity index (χ0n) is 16.2. The molecule has 7 nitrogen and oxygen atoms in total. The second-order valence-corrected chi connectivity index (χ2v) is 9.63. The van der Waals surface area contributed by atoms with Gasteiger partial charge in [0.1, 0.15) is 17.7 Å². The van der Waals surface area contributed by atoms with E-state index in [1.807, 2.05) is 0 Å². The van der Waals surface area contributed by atoms with Crippen LogP contribution in [0.4, 0.5) is 22.0 Å². The highest BCUT2D eigenvalue weighted by atomic mass is 32.2. The van der Waals surface area contributed by atoms with Gasteiger partial charge in [0.25, 0.3) is 10.0 Å². The van der Waals surface area contributed by atoms with Crippen LogP contribution < -0.4 is 5.73 Å². The molecule has 1 aromatic carbocycles. The van der Waals surface area contributed by atoms with E-state index in [0.717, 1.165) is 28.5 Å². The molecule has 4 atom stereocenters. The van der Waals surface area contributed by atoms with Crippen molar-refractivity contribution in [2.24, 2.45) is 5.73 Å². The molecule has 2 aliphatic rings. The molecule has 2 aromatic rings. The summed E-state index contributed by atoms with van der Waals surface area (Å²) in [7, 11) is -3.62. The molecule has 170 valence electrons. The highest BCUT2D eigenvalue weighted by Gasteiger charge is 2.54. The van der Waals surface area contributed by atoms with Crippen molar-refractivity contribution >= 4 is 10.0 Å². The summed E-state index contributed by atoms with van der Waals surface area (Å²) in [6.45, 7) is 0.00134. The number of alkyl halides is 3. The first-order valence-corrected chi connectivity index (χ1v) is 11.1. The van der Waals surface area contributed by atoms with Gasteiger partial charge in [-0.3, -0.25) is 4.90 Å². The van der Waals surface area contributed by atoms with E-state index < -0.39 is 52.1 Å². The van der Waals surface area contributed by atoms with E-state index in [1.54, 1.807) is 0 Å². The van der Waals surface area contributed by atoms with Crippen LogP contribution in [0.1, 0.15) is 29.3 Å². The minimum absolute atomic E-state index is 0.0236. The lowest BCUT2D eigenvalue weighted by molar-refractivity contribution is -0.269. The van der Waals surface area contributed by atoms with Crippen molar-refractivity contribution in [1.82, 2.24) is 14.1 Å². The maximum Gasteiger partial charge on any atom is 0.416 e. The van der Waals surface area contributed by atoms with Crippen LogP contribution in [0.5, 0.6) is 0 Å². The van der Waals surface area contributed by atoms with Crippen molar-refractivity contribution in [3.8, 4) is 0 Å². The summed E-state index contributed by atoms with van der Waals surface area (Å²) in [4.78, 5) is 1.46. The van der Waals surface area contributed by atoms with Gasteiger partial charge in [0.2, 0.25) is 0 Å². The Balaban J connectivity index is 1.60. The second kappa shape index (κ2) is 7.50. The van der Waals surface area contributed by atoms with Crippen LogP contribution in [0.3, 0.4) is 0 Å². The molecule has 1 unspecified atom stereocenters. The number of aromatic nitrogens is 2. The molecule has 2 aliphatic heterocycles. The predicted molar refractivity (Wildman–Crippen MR) is 98.1 cm³/mol. The van der Waals surface area contributed by atoms with Crippen LogP contribution in [0.15, 0.2) is 24.4 Å². The topological polar surface area (TPSA) is 90.5 Å². The lowest BCUT2D eigenvalue weighted by Crippen LogP contribution is -2.58. The number of fused-ring (bicyclic) bond motifs is 1. The number of hydrogen-bond acceptors (Lipinski definition) is 6. The van der Waals surface area contributed by atoms with E-state index >= 15 is 0 Å². The Kier molecular flexibility index (Phi) is 5.35. The van der Waals surface area contributed by atoms with Gasteiger partial charge >= 0.3 is 6.18 Å². The van der Waals surface area contributed by atoms with Gasteiger partial charge in [0.05, 0.1) is 11.9 Å². The third-order valence-corrected chi connectivity index (χ3v) is 6.39. The summed E-state index contributed by atoms with van der Waals surface area (Å²) in [5, 5.41) is 3.94. The Bertz CT molecular complexity index is 1080. The molecule has 0 bridgehead atoms. The normalized spacial score (nSPS) is 27.5. The lowest BCUT2D eigenvalue weighted by Gasteiger charge is -2.44. The van der Waals surface area contributed by atoms with Crippen LogP contribution in [0.25, 0.3) is 0 Å². The summed E-state index contributed by atoms with van der Waals surface area (Å²) in [5.41, 5.74) is 6.51. The zero-order valence-corrected chi connectivity index (χ0v) is 17.0. The number of benzene rings is 1. The molecule has 4 rings (SSSR count). The molecule has 0 amide bonds. The molecule has 0 saturated carbocycles. The molecule has 0 spiro atoms. The molecule has 1 fully saturated rings. The fraction of sp³-hybridized carbons (Fsp3) is 0.500. The fourth-order valence-corrected chi connectivity index (χ4v) is 4.67. The van der Waals surface area contributed by atoms with E-state index in [1.165, 1.54) is 11.1 Å². The summed E-state index contributed by atoms with van der Waals surface area (Å²) < 4.78 is 98.6. The smallest absolute Gasteiger partial charge is 0.357 e. The Labute approximate surface area is 174 Å². The Morgan fingerprint density at radius 2 is 1.94 bits per heavy atom. The van der Waals surface area contributed by atoms with Crippen LogP contribution >= 0.6 is 0 Å². The second-order valence-electron chi connectivity index (χ2n) is 7.79. The molecule has 31 heavy (non-hydrogen) atoms. The largest absolute Gasteiger partial charge is 0.416 e. The quantitative estimate of drug-likeness (QED) is 0.697. The van der Waals surface area contributed by atoms with Crippen molar-refractivity contribution < 1.29 is 35.1 Å². The third-order valence-electron chi connectivity index (χ3n) is 5.52. The van der Waals surface area contributed by atoms with Gasteiger partial charge < -0.3 is 10.5 Å². The maximum atomic E-state index is 14.2. The summed E-state index contributed by atoms with van der Waals surface area (Å²) >= 11 is 0. The number of ether oxygens (including phenoxy) is 1. The molecule has 2 N–H and O–H groups in total. The van der Waals surface area contributed by atoms with E-state index in [0.29, 0.717) is 11.3 Å². The van der Waals surface area contributed by atoms with Gasteiger partial charge in [0, 0.05) is 42.5 Å². The molecule has 0 aliphatic carbocycles. The first-order valence-electron chi connectivity index (χ1n) is 9.29. The highest BCUT2D eigenvalue weighted by molar-refractivity contribution is 7.89. The fourth-order valence-electron chi connectivity index (χ4n) is 4.10. The summed E-state index contributed by atoms with van der Waals surface area (Å²) in [6.07, 6.45) is -6.53. The molecule has 1 saturated heterocycles. The average Bonchev–Trinajstić information content (AvgIpc) is 3.21. The van der Waals surface area contributed by atoms with Crippen LogP contribution in [0, 0.1) is 11.6 Å². The minimum Gasteiger partial charge on any atom is -0.357 e. The molecule has 3 heterocycles. The summed E-state index contributed by atoms with van der Waals surface area (Å²) in [6, 6.07) is 0.226. The van der Waals surface area contributed by atoms with Gasteiger partial charge in [0.15, 0.2) is 6.10 Å². The molecule has 1 aromatic heterocycles. The Morgan fingerprint density at radius 1 is 1.23 bits per heavy atom. The predicted octanol–water partition coefficient (Wildman–Crippen LogP) is 2.07. The van der Waals surface area contributed by atoms with E-state index in [9.17, 15) is 30.4 Å². The molecule has 0 radical (unpaired) electrons. The Hall–Kier alpha value is -2.09. The molecular formula is C18H19F5N4O3S. The van der Waals surface area contributed by atoms with Crippen molar-refractivity contribution in [3.05, 3.63) is 52.9 Å². The van der Waals surface area contributed by atoms with E-state index in [2.05, 4.69) is 5.10 Å². The monoisotopic (exact) mass is 466 g/mol. The third kappa shape index (κ3) is 4.19. The van der Waals surface area contributed by atoms with Gasteiger partial charge in [-0.15, -0.1) is 0 Å². The summed E-state index contributed by atoms with van der Waals surface area (Å²) in [5.74, 6) is -1.72. The van der Waals surface area contributed by atoms with Gasteiger partial charge in [-0.2, -0.15) is 22.4 Å². The number of nitrogens with two attached hydrogens (primary N) is 1. The van der Waals surface area contributed by atoms with Crippen molar-refractivity contribution in [2.75, 3.05) is 6.26 Å². The van der Waals surface area contributed by atoms with Crippen LogP contribution in [0.2, 0.25) is 0 Å². The number of rotatable bonds is 3. The van der Waals surface area contributed by atoms with Gasteiger partial charge in [-0.25, -0.2) is 17.2 Å². The van der Waals surface area contributed by atoms with E-state index in [-0.39, 0.29) is 25.1 Å². The van der Waals surface area contributed by atoms with E-state index in [4.69, 9.17) is 10.5 Å². The highest BCUT2D eigenvalue weighted by Crippen LogP contribution is 2.42. The number of nitrogens with zero attached hydrogens (tertiary/aromatic N) is 3. The first-order chi connectivity index (χ1) is 14.3. The van der Waals surface area contributed by atoms with Crippen molar-refractivity contribution in [2.45, 2.75) is 50.0 Å². The standard InChI is InChI=1S/C18H19F5N4O3S/c1-31(28,29)27-7-9-6-26(8-14(9)25-27)15-5-13(24)16(30-17(15)18(21,22)23)11-4-10(19)2-3-12(11)20/h2-4,7,13,15-17H,5-6,8,24H2,1H3/t13-,15?,16+,17+/m0/s1. The van der Waals surface area contributed by atoms with Crippen LogP contribution in [-0.2, 0) is 27.8 Å². The Morgan fingerprint density at radius 3 is 2.55 bits per heavy atom. The first kappa shape index (κ1) is 22.1. The average molecular weight is 466 g/mol. The molecule has 13 heteroatoms. The van der Waals surface area contributed by atoms with Crippen molar-refractivity contribution in [3.63, 3.8) is 0 Å². The van der Waals surface area contributed by atoms with Crippen molar-refractivity contribution in [1.29, 1.82) is 0 Å². The maximum absolute atomic E-state index is 14.2. The van der Waals surface area contributed by atoms with Gasteiger partial charge in [-0.1, -0.05) is 0 Å². The lowest BCUT2D eigenvalue weighted by atomic mass is 9.89. The SMILES string of the molecule is CS(=O)(=O)n1cc2c(n1)CN(C1C[C@H](N)[C@@H](c3cc(F)ccc3F)O[C@H]1C(F)(F)F)C2. The van der Waals surface area contributed by atoms with Crippen LogP contribution in [-0.4, -0.2) is 53.1 Å². The number of hydrogen-bond donors (Lipinski definition) is 1.